The highest BCUT2D eigenvalue weighted by Gasteiger charge is 2.20. The Morgan fingerprint density at radius 2 is 2.27 bits per heavy atom. The first-order chi connectivity index (χ1) is 5.02. The minimum Gasteiger partial charge on any atom is -0.332 e. The van der Waals surface area contributed by atoms with Crippen molar-refractivity contribution in [3.8, 4) is 0 Å². The van der Waals surface area contributed by atoms with E-state index in [1.54, 1.807) is 6.26 Å². The Morgan fingerprint density at radius 3 is 2.64 bits per heavy atom. The van der Waals surface area contributed by atoms with Crippen LogP contribution in [-0.4, -0.2) is 15.9 Å². The summed E-state index contributed by atoms with van der Waals surface area (Å²) < 4.78 is -0.234. The second kappa shape index (κ2) is 5.04. The molecule has 0 saturated heterocycles. The van der Waals surface area contributed by atoms with Gasteiger partial charge in [0.05, 0.1) is 4.45 Å². The normalized spacial score (nSPS) is 15.6. The van der Waals surface area contributed by atoms with Gasteiger partial charge in [-0.25, -0.2) is 0 Å². The molecule has 1 amide bonds. The number of thioether (sulfide) groups is 1. The highest BCUT2D eigenvalue weighted by atomic mass is 79.9. The van der Waals surface area contributed by atoms with Crippen molar-refractivity contribution in [1.29, 1.82) is 0 Å². The van der Waals surface area contributed by atoms with E-state index in [2.05, 4.69) is 28.2 Å². The van der Waals surface area contributed by atoms with Gasteiger partial charge in [-0.1, -0.05) is 41.0 Å². The third kappa shape index (κ3) is 5.56. The summed E-state index contributed by atoms with van der Waals surface area (Å²) >= 11 is 4.64. The molecular weight excluding hydrogens is 226 g/mol. The second-order valence-corrected chi connectivity index (χ2v) is 5.09. The molecule has 66 valence electrons. The molecule has 1 atom stereocenters. The maximum Gasteiger partial charge on any atom is 0.279 e. The molecule has 0 fully saturated rings. The third-order valence-corrected chi connectivity index (χ3v) is 2.34. The summed E-state index contributed by atoms with van der Waals surface area (Å²) in [4.78, 5) is 10.9. The smallest absolute Gasteiger partial charge is 0.279 e. The zero-order valence-electron chi connectivity index (χ0n) is 7.11. The molecule has 0 radical (unpaired) electrons. The predicted molar refractivity (Wildman–Crippen MR) is 54.3 cm³/mol. The van der Waals surface area contributed by atoms with Crippen LogP contribution in [0.25, 0.3) is 0 Å². The van der Waals surface area contributed by atoms with Crippen LogP contribution in [0, 0.1) is 0 Å². The molecule has 0 aromatic rings. The number of hydrogen-bond acceptors (Lipinski definition) is 2. The molecule has 0 heterocycles. The summed E-state index contributed by atoms with van der Waals surface area (Å²) in [7, 11) is 0. The SMILES string of the molecule is CCCC(C)(Br)NC(=O)SC. The number of amides is 1. The van der Waals surface area contributed by atoms with Crippen molar-refractivity contribution in [3.05, 3.63) is 0 Å². The van der Waals surface area contributed by atoms with Gasteiger partial charge in [0.1, 0.15) is 0 Å². The summed E-state index contributed by atoms with van der Waals surface area (Å²) in [6, 6.07) is 0. The molecule has 0 spiro atoms. The fraction of sp³-hybridized carbons (Fsp3) is 0.857. The van der Waals surface area contributed by atoms with E-state index in [1.165, 1.54) is 11.8 Å². The summed E-state index contributed by atoms with van der Waals surface area (Å²) in [5, 5.41) is 2.86. The lowest BCUT2D eigenvalue weighted by atomic mass is 10.2. The predicted octanol–water partition coefficient (Wildman–Crippen LogP) is 2.97. The number of carbonyl (C=O) groups excluding carboxylic acids is 1. The summed E-state index contributed by atoms with van der Waals surface area (Å²) in [6.07, 6.45) is 3.76. The van der Waals surface area contributed by atoms with Crippen LogP contribution in [0.4, 0.5) is 4.79 Å². The first kappa shape index (κ1) is 11.3. The van der Waals surface area contributed by atoms with E-state index in [-0.39, 0.29) is 9.69 Å². The van der Waals surface area contributed by atoms with Crippen LogP contribution in [0.1, 0.15) is 26.7 Å². The van der Waals surface area contributed by atoms with Crippen molar-refractivity contribution in [3.63, 3.8) is 0 Å². The van der Waals surface area contributed by atoms with Crippen molar-refractivity contribution >= 4 is 32.9 Å². The van der Waals surface area contributed by atoms with E-state index in [0.29, 0.717) is 0 Å². The number of halogens is 1. The van der Waals surface area contributed by atoms with Crippen molar-refractivity contribution in [1.82, 2.24) is 5.32 Å². The Hall–Kier alpha value is 0.300. The lowest BCUT2D eigenvalue weighted by Gasteiger charge is -2.22. The standard InChI is InChI=1S/C7H14BrNOS/c1-4-5-7(2,8)9-6(10)11-3/h4-5H2,1-3H3,(H,9,10). The topological polar surface area (TPSA) is 29.1 Å². The molecule has 0 aromatic carbocycles. The Balaban J connectivity index is 3.80. The quantitative estimate of drug-likeness (QED) is 0.607. The van der Waals surface area contributed by atoms with Gasteiger partial charge in [0.15, 0.2) is 0 Å². The van der Waals surface area contributed by atoms with Crippen LogP contribution in [0.15, 0.2) is 0 Å². The molecule has 0 aliphatic rings. The average molecular weight is 240 g/mol. The number of hydrogen-bond donors (Lipinski definition) is 1. The Bertz CT molecular complexity index is 138. The molecule has 0 saturated carbocycles. The number of rotatable bonds is 3. The van der Waals surface area contributed by atoms with E-state index in [0.717, 1.165) is 12.8 Å². The molecule has 1 N–H and O–H groups in total. The van der Waals surface area contributed by atoms with Gasteiger partial charge in [0, 0.05) is 0 Å². The first-order valence-corrected chi connectivity index (χ1v) is 5.58. The molecule has 0 aliphatic carbocycles. The summed E-state index contributed by atoms with van der Waals surface area (Å²) in [6.45, 7) is 4.05. The van der Waals surface area contributed by atoms with Crippen LogP contribution in [0.3, 0.4) is 0 Å². The Labute approximate surface area is 80.6 Å². The molecule has 2 nitrogen and oxygen atoms in total. The number of alkyl halides is 1. The molecule has 0 bridgehead atoms. The molecule has 1 unspecified atom stereocenters. The van der Waals surface area contributed by atoms with E-state index in [9.17, 15) is 4.79 Å². The van der Waals surface area contributed by atoms with Crippen LogP contribution >= 0.6 is 27.7 Å². The largest absolute Gasteiger partial charge is 0.332 e. The number of nitrogens with one attached hydrogen (secondary N) is 1. The van der Waals surface area contributed by atoms with Gasteiger partial charge in [0.25, 0.3) is 5.24 Å². The monoisotopic (exact) mass is 239 g/mol. The highest BCUT2D eigenvalue weighted by Crippen LogP contribution is 2.20. The van der Waals surface area contributed by atoms with Gasteiger partial charge < -0.3 is 5.32 Å². The molecule has 0 aliphatic heterocycles. The minimum atomic E-state index is -0.234. The van der Waals surface area contributed by atoms with Crippen LogP contribution in [0.2, 0.25) is 0 Å². The van der Waals surface area contributed by atoms with Gasteiger partial charge in [-0.3, -0.25) is 4.79 Å². The summed E-state index contributed by atoms with van der Waals surface area (Å²) in [5.74, 6) is 0. The number of carbonyl (C=O) groups is 1. The van der Waals surface area contributed by atoms with Gasteiger partial charge in [0.2, 0.25) is 0 Å². The van der Waals surface area contributed by atoms with Crippen LogP contribution < -0.4 is 5.32 Å². The average Bonchev–Trinajstić information content (AvgIpc) is 1.86. The van der Waals surface area contributed by atoms with Gasteiger partial charge in [-0.05, 0) is 19.6 Å². The Morgan fingerprint density at radius 1 is 1.73 bits per heavy atom. The molecule has 11 heavy (non-hydrogen) atoms. The maximum atomic E-state index is 10.9. The second-order valence-electron chi connectivity index (χ2n) is 2.56. The third-order valence-electron chi connectivity index (χ3n) is 1.27. The van der Waals surface area contributed by atoms with Crippen molar-refractivity contribution < 1.29 is 4.79 Å². The Kier molecular flexibility index (Phi) is 5.17. The van der Waals surface area contributed by atoms with Crippen molar-refractivity contribution in [2.75, 3.05) is 6.26 Å². The molecule has 0 aromatic heterocycles. The highest BCUT2D eigenvalue weighted by molar-refractivity contribution is 9.10. The van der Waals surface area contributed by atoms with E-state index >= 15 is 0 Å². The van der Waals surface area contributed by atoms with Crippen molar-refractivity contribution in [2.45, 2.75) is 31.1 Å². The zero-order valence-corrected chi connectivity index (χ0v) is 9.51. The van der Waals surface area contributed by atoms with E-state index in [4.69, 9.17) is 0 Å². The minimum absolute atomic E-state index is 0.0119. The fourth-order valence-electron chi connectivity index (χ4n) is 0.796. The first-order valence-electron chi connectivity index (χ1n) is 3.57. The molecule has 0 rings (SSSR count). The molecular formula is C7H14BrNOS. The summed E-state index contributed by atoms with van der Waals surface area (Å²) in [5.41, 5.74) is 0. The van der Waals surface area contributed by atoms with Crippen LogP contribution in [0.5, 0.6) is 0 Å². The lowest BCUT2D eigenvalue weighted by Crippen LogP contribution is -2.38. The van der Waals surface area contributed by atoms with Gasteiger partial charge in [-0.2, -0.15) is 0 Å². The fourth-order valence-corrected chi connectivity index (χ4v) is 1.83. The van der Waals surface area contributed by atoms with Crippen molar-refractivity contribution in [2.24, 2.45) is 0 Å². The van der Waals surface area contributed by atoms with Gasteiger partial charge in [-0.15, -0.1) is 0 Å². The van der Waals surface area contributed by atoms with Gasteiger partial charge >= 0.3 is 0 Å². The van der Waals surface area contributed by atoms with E-state index in [1.807, 2.05) is 6.92 Å². The van der Waals surface area contributed by atoms with E-state index < -0.39 is 0 Å². The zero-order chi connectivity index (χ0) is 8.91. The maximum absolute atomic E-state index is 10.9. The van der Waals surface area contributed by atoms with Crippen LogP contribution in [-0.2, 0) is 0 Å². The lowest BCUT2D eigenvalue weighted by molar-refractivity contribution is 0.256. The molecule has 4 heteroatoms.